The lowest BCUT2D eigenvalue weighted by molar-refractivity contribution is 0.188. The maximum atomic E-state index is 14.7. The van der Waals surface area contributed by atoms with Gasteiger partial charge in [-0.1, -0.05) is 12.1 Å². The third-order valence-corrected chi connectivity index (χ3v) is 6.71. The van der Waals surface area contributed by atoms with E-state index in [2.05, 4.69) is 45.0 Å². The second-order valence-electron chi connectivity index (χ2n) is 8.74. The Labute approximate surface area is 191 Å². The van der Waals surface area contributed by atoms with Crippen LogP contribution in [0.15, 0.2) is 54.9 Å². The van der Waals surface area contributed by atoms with E-state index >= 15 is 0 Å². The van der Waals surface area contributed by atoms with Gasteiger partial charge in [-0.3, -0.25) is 4.98 Å². The largest absolute Gasteiger partial charge is 0.496 e. The number of pyridine rings is 1. The van der Waals surface area contributed by atoms with Crippen molar-refractivity contribution in [3.63, 3.8) is 0 Å². The number of aromatic nitrogens is 2. The van der Waals surface area contributed by atoms with E-state index < -0.39 is 0 Å². The average Bonchev–Trinajstić information content (AvgIpc) is 3.26. The van der Waals surface area contributed by atoms with E-state index in [1.807, 2.05) is 12.3 Å². The monoisotopic (exact) mass is 444 g/mol. The van der Waals surface area contributed by atoms with Crippen molar-refractivity contribution in [3.05, 3.63) is 60.7 Å². The summed E-state index contributed by atoms with van der Waals surface area (Å²) in [7, 11) is 3.70. The molecule has 0 aliphatic carbocycles. The molecular weight excluding hydrogens is 419 g/mol. The smallest absolute Gasteiger partial charge is 0.143 e. The van der Waals surface area contributed by atoms with Crippen molar-refractivity contribution in [2.75, 3.05) is 45.3 Å². The van der Waals surface area contributed by atoms with Gasteiger partial charge >= 0.3 is 0 Å². The van der Waals surface area contributed by atoms with Crippen molar-refractivity contribution in [2.45, 2.75) is 6.04 Å². The second-order valence-corrected chi connectivity index (χ2v) is 8.74. The SMILES string of the molecule is COc1cccc(F)c1-c1cc2c(-c3ccc4c(c3)OCC3CN(C)CCN43)c[nH]c2cn1. The van der Waals surface area contributed by atoms with E-state index in [-0.39, 0.29) is 5.82 Å². The summed E-state index contributed by atoms with van der Waals surface area (Å²) in [6.07, 6.45) is 3.71. The summed E-state index contributed by atoms with van der Waals surface area (Å²) in [5, 5.41) is 0.971. The fourth-order valence-electron chi connectivity index (χ4n) is 5.01. The zero-order valence-corrected chi connectivity index (χ0v) is 18.6. The van der Waals surface area contributed by atoms with E-state index in [9.17, 15) is 4.39 Å². The second kappa shape index (κ2) is 7.78. The number of piperazine rings is 1. The molecule has 0 amide bonds. The normalized spacial score (nSPS) is 18.0. The number of aromatic amines is 1. The maximum absolute atomic E-state index is 14.7. The minimum atomic E-state index is -0.359. The van der Waals surface area contributed by atoms with Crippen LogP contribution < -0.4 is 14.4 Å². The van der Waals surface area contributed by atoms with Gasteiger partial charge in [0.2, 0.25) is 0 Å². The van der Waals surface area contributed by atoms with Gasteiger partial charge in [0.15, 0.2) is 0 Å². The molecule has 1 fully saturated rings. The number of anilines is 1. The summed E-state index contributed by atoms with van der Waals surface area (Å²) in [6.45, 7) is 3.76. The van der Waals surface area contributed by atoms with Crippen LogP contribution in [0.2, 0.25) is 0 Å². The number of ether oxygens (including phenoxy) is 2. The summed E-state index contributed by atoms with van der Waals surface area (Å²) >= 11 is 0. The average molecular weight is 445 g/mol. The molecule has 1 saturated heterocycles. The van der Waals surface area contributed by atoms with Gasteiger partial charge in [0.25, 0.3) is 0 Å². The van der Waals surface area contributed by atoms with Crippen molar-refractivity contribution in [1.82, 2.24) is 14.9 Å². The zero-order valence-electron chi connectivity index (χ0n) is 18.6. The van der Waals surface area contributed by atoms with Gasteiger partial charge in [-0.25, -0.2) is 4.39 Å². The van der Waals surface area contributed by atoms with Crippen molar-refractivity contribution < 1.29 is 13.9 Å². The minimum absolute atomic E-state index is 0.359. The lowest BCUT2D eigenvalue weighted by atomic mass is 10.0. The number of fused-ring (bicyclic) bond motifs is 4. The van der Waals surface area contributed by atoms with Gasteiger partial charge in [-0.2, -0.15) is 0 Å². The summed E-state index contributed by atoms with van der Waals surface area (Å²) < 4.78 is 26.2. The number of likely N-dealkylation sites (N-methyl/N-ethyl adjacent to an activating group) is 1. The molecule has 7 heteroatoms. The molecule has 2 aromatic heterocycles. The Morgan fingerprint density at radius 1 is 1.18 bits per heavy atom. The van der Waals surface area contributed by atoms with Gasteiger partial charge in [0.05, 0.1) is 41.8 Å². The van der Waals surface area contributed by atoms with Crippen LogP contribution in [-0.2, 0) is 0 Å². The highest BCUT2D eigenvalue weighted by atomic mass is 19.1. The third kappa shape index (κ3) is 3.31. The molecule has 4 heterocycles. The van der Waals surface area contributed by atoms with Crippen LogP contribution in [0.1, 0.15) is 0 Å². The maximum Gasteiger partial charge on any atom is 0.143 e. The highest BCUT2D eigenvalue weighted by Gasteiger charge is 2.31. The summed E-state index contributed by atoms with van der Waals surface area (Å²) in [5.41, 5.74) is 5.01. The Kier molecular flexibility index (Phi) is 4.73. The molecule has 0 saturated carbocycles. The first-order chi connectivity index (χ1) is 16.1. The van der Waals surface area contributed by atoms with E-state index in [1.165, 1.54) is 13.2 Å². The Morgan fingerprint density at radius 2 is 2.09 bits per heavy atom. The van der Waals surface area contributed by atoms with Crippen LogP contribution in [0.4, 0.5) is 10.1 Å². The molecule has 2 aliphatic heterocycles. The van der Waals surface area contributed by atoms with Crippen LogP contribution in [-0.4, -0.2) is 61.3 Å². The summed E-state index contributed by atoms with van der Waals surface area (Å²) in [5.74, 6) is 1.01. The molecule has 6 rings (SSSR count). The first kappa shape index (κ1) is 20.1. The Hall–Kier alpha value is -3.58. The molecule has 1 atom stereocenters. The molecule has 0 radical (unpaired) electrons. The van der Waals surface area contributed by atoms with Crippen LogP contribution >= 0.6 is 0 Å². The number of rotatable bonds is 3. The standard InChI is InChI=1S/C26H25FN4O2/c1-30-8-9-31-17(14-30)15-33-25-10-16(6-7-23(25)31)19-12-28-22-13-29-21(11-18(19)22)26-20(27)4-3-5-24(26)32-2/h3-7,10-13,17,28H,8-9,14-15H2,1-2H3. The number of hydrogen-bond acceptors (Lipinski definition) is 5. The first-order valence-electron chi connectivity index (χ1n) is 11.1. The van der Waals surface area contributed by atoms with E-state index in [1.54, 1.807) is 18.3 Å². The molecule has 2 aliphatic rings. The summed E-state index contributed by atoms with van der Waals surface area (Å²) in [4.78, 5) is 12.6. The highest BCUT2D eigenvalue weighted by molar-refractivity contribution is 5.97. The predicted octanol–water partition coefficient (Wildman–Crippen LogP) is 4.56. The van der Waals surface area contributed by atoms with Gasteiger partial charge < -0.3 is 24.3 Å². The Bertz CT molecular complexity index is 1350. The molecule has 168 valence electrons. The van der Waals surface area contributed by atoms with E-state index in [0.717, 1.165) is 53.1 Å². The van der Waals surface area contributed by atoms with Crippen LogP contribution in [0.25, 0.3) is 33.3 Å². The van der Waals surface area contributed by atoms with Crippen molar-refractivity contribution in [2.24, 2.45) is 0 Å². The Morgan fingerprint density at radius 3 is 2.97 bits per heavy atom. The van der Waals surface area contributed by atoms with Crippen LogP contribution in [0.3, 0.4) is 0 Å². The number of halogens is 1. The minimum Gasteiger partial charge on any atom is -0.496 e. The van der Waals surface area contributed by atoms with Crippen molar-refractivity contribution in [3.8, 4) is 33.9 Å². The van der Waals surface area contributed by atoms with Gasteiger partial charge in [0.1, 0.15) is 23.9 Å². The number of hydrogen-bond donors (Lipinski definition) is 1. The zero-order chi connectivity index (χ0) is 22.5. The molecule has 1 N–H and O–H groups in total. The first-order valence-corrected chi connectivity index (χ1v) is 11.1. The molecule has 6 nitrogen and oxygen atoms in total. The summed E-state index contributed by atoms with van der Waals surface area (Å²) in [6, 6.07) is 13.5. The topological polar surface area (TPSA) is 53.6 Å². The molecule has 0 bridgehead atoms. The molecule has 33 heavy (non-hydrogen) atoms. The predicted molar refractivity (Wildman–Crippen MR) is 128 cm³/mol. The van der Waals surface area contributed by atoms with Crippen LogP contribution in [0, 0.1) is 5.82 Å². The lowest BCUT2D eigenvalue weighted by Crippen LogP contribution is -2.56. The number of nitrogens with zero attached hydrogens (tertiary/aromatic N) is 3. The fraction of sp³-hybridized carbons (Fsp3) is 0.269. The lowest BCUT2D eigenvalue weighted by Gasteiger charge is -2.44. The van der Waals surface area contributed by atoms with E-state index in [4.69, 9.17) is 9.47 Å². The molecule has 2 aromatic carbocycles. The van der Waals surface area contributed by atoms with Gasteiger partial charge in [0, 0.05) is 36.8 Å². The molecule has 0 spiro atoms. The Balaban J connectivity index is 1.41. The number of nitrogens with one attached hydrogen (secondary N) is 1. The van der Waals surface area contributed by atoms with Gasteiger partial charge in [-0.05, 0) is 42.9 Å². The number of methoxy groups -OCH3 is 1. The number of benzene rings is 2. The molecule has 4 aromatic rings. The fourth-order valence-corrected chi connectivity index (χ4v) is 5.01. The van der Waals surface area contributed by atoms with Gasteiger partial charge in [-0.15, -0.1) is 0 Å². The van der Waals surface area contributed by atoms with Crippen LogP contribution in [0.5, 0.6) is 11.5 Å². The van der Waals surface area contributed by atoms with Crippen molar-refractivity contribution >= 4 is 16.6 Å². The molecule has 1 unspecified atom stereocenters. The van der Waals surface area contributed by atoms with E-state index in [0.29, 0.717) is 29.7 Å². The molecular formula is C26H25FN4O2. The highest BCUT2D eigenvalue weighted by Crippen LogP contribution is 2.41. The quantitative estimate of drug-likeness (QED) is 0.502. The number of H-pyrrole nitrogens is 1. The third-order valence-electron chi connectivity index (χ3n) is 6.71. The van der Waals surface area contributed by atoms with Crippen molar-refractivity contribution in [1.29, 1.82) is 0 Å².